The summed E-state index contributed by atoms with van der Waals surface area (Å²) < 4.78 is 10.1. The molecule has 0 fully saturated rings. The zero-order valence-corrected chi connectivity index (χ0v) is 10.7. The highest BCUT2D eigenvalue weighted by molar-refractivity contribution is 5.87. The van der Waals surface area contributed by atoms with Crippen LogP contribution in [0.1, 0.15) is 6.92 Å². The van der Waals surface area contributed by atoms with Gasteiger partial charge >= 0.3 is 5.97 Å². The van der Waals surface area contributed by atoms with E-state index in [4.69, 9.17) is 9.47 Å². The van der Waals surface area contributed by atoms with Crippen molar-refractivity contribution in [2.24, 2.45) is 0 Å². The highest BCUT2D eigenvalue weighted by Gasteiger charge is 1.99. The predicted octanol–water partition coefficient (Wildman–Crippen LogP) is 2.19. The molecule has 0 aliphatic rings. The summed E-state index contributed by atoms with van der Waals surface area (Å²) in [6.45, 7) is 5.32. The van der Waals surface area contributed by atoms with Crippen molar-refractivity contribution in [3.8, 4) is 29.4 Å². The molecule has 0 radical (unpaired) electrons. The van der Waals surface area contributed by atoms with E-state index in [1.165, 1.54) is 0 Å². The Morgan fingerprint density at radius 1 is 1.16 bits per heavy atom. The SMILES string of the molecule is C=C(C)C(=O)OCC#CC#CCOc1ccccc1. The minimum atomic E-state index is -0.449. The van der Waals surface area contributed by atoms with E-state index >= 15 is 0 Å². The van der Waals surface area contributed by atoms with E-state index in [9.17, 15) is 4.79 Å². The fraction of sp³-hybridized carbons (Fsp3) is 0.188. The number of hydrogen-bond donors (Lipinski definition) is 0. The van der Waals surface area contributed by atoms with Crippen LogP contribution in [0.3, 0.4) is 0 Å². The minimum Gasteiger partial charge on any atom is -0.481 e. The van der Waals surface area contributed by atoms with E-state index in [0.29, 0.717) is 5.57 Å². The van der Waals surface area contributed by atoms with E-state index in [0.717, 1.165) is 5.75 Å². The van der Waals surface area contributed by atoms with Gasteiger partial charge in [-0.3, -0.25) is 0 Å². The van der Waals surface area contributed by atoms with Gasteiger partial charge in [0.2, 0.25) is 0 Å². The molecule has 0 bridgehead atoms. The van der Waals surface area contributed by atoms with Gasteiger partial charge < -0.3 is 9.47 Å². The van der Waals surface area contributed by atoms with Gasteiger partial charge in [-0.2, -0.15) is 0 Å². The van der Waals surface area contributed by atoms with E-state index < -0.39 is 5.97 Å². The first-order valence-electron chi connectivity index (χ1n) is 5.66. The van der Waals surface area contributed by atoms with E-state index in [-0.39, 0.29) is 13.2 Å². The van der Waals surface area contributed by atoms with Crippen molar-refractivity contribution in [2.75, 3.05) is 13.2 Å². The van der Waals surface area contributed by atoms with Gasteiger partial charge in [0, 0.05) is 5.57 Å². The summed E-state index contributed by atoms with van der Waals surface area (Å²) in [6.07, 6.45) is 0. The topological polar surface area (TPSA) is 35.5 Å². The maximum atomic E-state index is 11.0. The molecule has 1 aromatic rings. The Morgan fingerprint density at radius 2 is 1.79 bits per heavy atom. The third kappa shape index (κ3) is 6.61. The number of esters is 1. The van der Waals surface area contributed by atoms with Crippen LogP contribution in [0.25, 0.3) is 0 Å². The number of para-hydroxylation sites is 1. The highest BCUT2D eigenvalue weighted by Crippen LogP contribution is 2.07. The lowest BCUT2D eigenvalue weighted by Crippen LogP contribution is -2.04. The highest BCUT2D eigenvalue weighted by atomic mass is 16.5. The third-order valence-electron chi connectivity index (χ3n) is 1.92. The van der Waals surface area contributed by atoms with Crippen LogP contribution in [0, 0.1) is 23.7 Å². The molecule has 0 atom stereocenters. The molecule has 3 heteroatoms. The van der Waals surface area contributed by atoms with Crippen molar-refractivity contribution < 1.29 is 14.3 Å². The van der Waals surface area contributed by atoms with Crippen molar-refractivity contribution >= 4 is 5.97 Å². The minimum absolute atomic E-state index is 0.0138. The Bertz CT molecular complexity index is 550. The van der Waals surface area contributed by atoms with Crippen LogP contribution >= 0.6 is 0 Å². The van der Waals surface area contributed by atoms with Crippen LogP contribution in [0.2, 0.25) is 0 Å². The monoisotopic (exact) mass is 254 g/mol. The molecule has 3 nitrogen and oxygen atoms in total. The average Bonchev–Trinajstić information content (AvgIpc) is 2.42. The summed E-state index contributed by atoms with van der Waals surface area (Å²) >= 11 is 0. The number of benzene rings is 1. The van der Waals surface area contributed by atoms with Crippen LogP contribution < -0.4 is 4.74 Å². The summed E-state index contributed by atoms with van der Waals surface area (Å²) in [5, 5.41) is 0. The Morgan fingerprint density at radius 3 is 2.42 bits per heavy atom. The van der Waals surface area contributed by atoms with Crippen molar-refractivity contribution in [3.63, 3.8) is 0 Å². The molecule has 0 aliphatic heterocycles. The van der Waals surface area contributed by atoms with Gasteiger partial charge in [-0.05, 0) is 42.7 Å². The van der Waals surface area contributed by atoms with Crippen LogP contribution in [0.15, 0.2) is 42.5 Å². The van der Waals surface area contributed by atoms with Gasteiger partial charge in [0.15, 0.2) is 6.61 Å². The maximum absolute atomic E-state index is 11.0. The van der Waals surface area contributed by atoms with Gasteiger partial charge in [0.1, 0.15) is 12.4 Å². The van der Waals surface area contributed by atoms with E-state index in [1.807, 2.05) is 30.3 Å². The Labute approximate surface area is 113 Å². The quantitative estimate of drug-likeness (QED) is 0.469. The molecule has 1 aromatic carbocycles. The van der Waals surface area contributed by atoms with Gasteiger partial charge in [-0.1, -0.05) is 24.8 Å². The lowest BCUT2D eigenvalue weighted by Gasteiger charge is -1.98. The fourth-order valence-corrected chi connectivity index (χ4v) is 1.02. The van der Waals surface area contributed by atoms with Gasteiger partial charge in [0.05, 0.1) is 0 Å². The molecule has 0 heterocycles. The molecule has 0 N–H and O–H groups in total. The Kier molecular flexibility index (Phi) is 6.40. The zero-order chi connectivity index (χ0) is 13.9. The number of ether oxygens (including phenoxy) is 2. The Hall–Kier alpha value is -2.65. The van der Waals surface area contributed by atoms with Gasteiger partial charge in [-0.15, -0.1) is 0 Å². The molecule has 0 saturated carbocycles. The van der Waals surface area contributed by atoms with Crippen molar-refractivity contribution in [2.45, 2.75) is 6.92 Å². The number of rotatable bonds is 4. The largest absolute Gasteiger partial charge is 0.481 e. The predicted molar refractivity (Wildman–Crippen MR) is 73.3 cm³/mol. The van der Waals surface area contributed by atoms with E-state index in [2.05, 4.69) is 30.3 Å². The molecule has 0 aliphatic carbocycles. The second-order valence-electron chi connectivity index (χ2n) is 3.56. The van der Waals surface area contributed by atoms with Crippen molar-refractivity contribution in [3.05, 3.63) is 42.5 Å². The summed E-state index contributed by atoms with van der Waals surface area (Å²) in [5.41, 5.74) is 0.351. The van der Waals surface area contributed by atoms with Crippen LogP contribution in [-0.4, -0.2) is 19.2 Å². The normalized spacial score (nSPS) is 8.26. The lowest BCUT2D eigenvalue weighted by molar-refractivity contribution is -0.137. The lowest BCUT2D eigenvalue weighted by atomic mass is 10.3. The summed E-state index contributed by atoms with van der Waals surface area (Å²) in [7, 11) is 0. The maximum Gasteiger partial charge on any atom is 0.334 e. The standard InChI is InChI=1S/C16H14O3/c1-14(2)16(17)19-13-9-4-3-8-12-18-15-10-6-5-7-11-15/h5-7,10-11H,1,12-13H2,2H3. The van der Waals surface area contributed by atoms with Crippen LogP contribution in [0.5, 0.6) is 5.75 Å². The smallest absolute Gasteiger partial charge is 0.334 e. The van der Waals surface area contributed by atoms with Gasteiger partial charge in [-0.25, -0.2) is 4.79 Å². The first kappa shape index (κ1) is 14.4. The molecular weight excluding hydrogens is 240 g/mol. The number of carbonyl (C=O) groups excluding carboxylic acids is 1. The molecule has 1 rings (SSSR count). The van der Waals surface area contributed by atoms with Crippen molar-refractivity contribution in [1.29, 1.82) is 0 Å². The second-order valence-corrected chi connectivity index (χ2v) is 3.56. The van der Waals surface area contributed by atoms with Crippen molar-refractivity contribution in [1.82, 2.24) is 0 Å². The van der Waals surface area contributed by atoms with Crippen LogP contribution in [-0.2, 0) is 9.53 Å². The summed E-state index contributed by atoms with van der Waals surface area (Å²) in [4.78, 5) is 11.0. The van der Waals surface area contributed by atoms with E-state index in [1.54, 1.807) is 6.92 Å². The third-order valence-corrected chi connectivity index (χ3v) is 1.92. The molecule has 0 amide bonds. The molecule has 19 heavy (non-hydrogen) atoms. The molecule has 0 unspecified atom stereocenters. The molecule has 0 spiro atoms. The molecule has 0 aromatic heterocycles. The average molecular weight is 254 g/mol. The first-order chi connectivity index (χ1) is 9.20. The Balaban J connectivity index is 2.22. The summed E-state index contributed by atoms with van der Waals surface area (Å²) in [5.74, 6) is 10.8. The molecule has 0 saturated heterocycles. The first-order valence-corrected chi connectivity index (χ1v) is 5.66. The molecular formula is C16H14O3. The van der Waals surface area contributed by atoms with Crippen LogP contribution in [0.4, 0.5) is 0 Å². The van der Waals surface area contributed by atoms with Gasteiger partial charge in [0.25, 0.3) is 0 Å². The number of carbonyl (C=O) groups is 1. The zero-order valence-electron chi connectivity index (χ0n) is 10.7. The molecule has 96 valence electrons. The second kappa shape index (κ2) is 8.44. The fourth-order valence-electron chi connectivity index (χ4n) is 1.02. The number of hydrogen-bond acceptors (Lipinski definition) is 3. The summed E-state index contributed by atoms with van der Waals surface area (Å²) in [6, 6.07) is 9.39.